The van der Waals surface area contributed by atoms with Gasteiger partial charge in [-0.2, -0.15) is 0 Å². The third-order valence-corrected chi connectivity index (χ3v) is 3.44. The number of nitrogens with one attached hydrogen (secondary N) is 1. The van der Waals surface area contributed by atoms with E-state index in [0.29, 0.717) is 19.0 Å². The largest absolute Gasteiger partial charge is 0.332 e. The lowest BCUT2D eigenvalue weighted by molar-refractivity contribution is -0.150. The molecule has 2 amide bonds. The summed E-state index contributed by atoms with van der Waals surface area (Å²) in [6.07, 6.45) is 0.893. The lowest BCUT2D eigenvalue weighted by Gasteiger charge is -2.36. The van der Waals surface area contributed by atoms with Gasteiger partial charge in [0.15, 0.2) is 0 Å². The Hall–Kier alpha value is -1.10. The van der Waals surface area contributed by atoms with Crippen LogP contribution in [0.2, 0.25) is 0 Å². The van der Waals surface area contributed by atoms with Crippen LogP contribution in [0.1, 0.15) is 27.2 Å². The van der Waals surface area contributed by atoms with Crippen molar-refractivity contribution in [3.8, 4) is 0 Å². The summed E-state index contributed by atoms with van der Waals surface area (Å²) in [7, 11) is 1.89. The van der Waals surface area contributed by atoms with E-state index in [9.17, 15) is 9.59 Å². The summed E-state index contributed by atoms with van der Waals surface area (Å²) in [5.41, 5.74) is 0. The van der Waals surface area contributed by atoms with Gasteiger partial charge in [0, 0.05) is 19.1 Å². The number of carbonyl (C=O) groups excluding carboxylic acids is 2. The van der Waals surface area contributed by atoms with Crippen molar-refractivity contribution >= 4 is 11.8 Å². The molecule has 18 heavy (non-hydrogen) atoms. The Bertz CT molecular complexity index is 305. The fraction of sp³-hybridized carbons (Fsp3) is 0.846. The van der Waals surface area contributed by atoms with Crippen molar-refractivity contribution in [2.24, 2.45) is 5.92 Å². The predicted molar refractivity (Wildman–Crippen MR) is 71.1 cm³/mol. The summed E-state index contributed by atoms with van der Waals surface area (Å²) in [4.78, 5) is 27.2. The molecular weight excluding hydrogens is 230 g/mol. The monoisotopic (exact) mass is 255 g/mol. The quantitative estimate of drug-likeness (QED) is 0.743. The van der Waals surface area contributed by atoms with Crippen molar-refractivity contribution < 1.29 is 9.59 Å². The first-order chi connectivity index (χ1) is 8.49. The minimum absolute atomic E-state index is 0.0592. The molecule has 1 unspecified atom stereocenters. The predicted octanol–water partition coefficient (Wildman–Crippen LogP) is 0.311. The molecule has 0 aromatic heterocycles. The molecule has 0 saturated carbocycles. The molecule has 5 nitrogen and oxygen atoms in total. The molecule has 0 aromatic rings. The average molecular weight is 255 g/mol. The van der Waals surface area contributed by atoms with E-state index in [1.165, 1.54) is 0 Å². The smallest absolute Gasteiger partial charge is 0.242 e. The molecule has 0 spiro atoms. The first-order valence-corrected chi connectivity index (χ1v) is 6.72. The summed E-state index contributed by atoms with van der Waals surface area (Å²) in [6.45, 7) is 7.99. The average Bonchev–Trinajstić information content (AvgIpc) is 2.31. The Balaban J connectivity index is 2.59. The Morgan fingerprint density at radius 2 is 1.72 bits per heavy atom. The van der Waals surface area contributed by atoms with Crippen LogP contribution >= 0.6 is 0 Å². The number of carbonyl (C=O) groups is 2. The number of hydrogen-bond acceptors (Lipinski definition) is 3. The highest BCUT2D eigenvalue weighted by Gasteiger charge is 2.30. The standard InChI is InChI=1S/C13H25N3O2/c1-5-6-15-8-13(18)16(9-12(15)17)7-11(14-4)10(2)3/h10-11,14H,5-9H2,1-4H3. The van der Waals surface area contributed by atoms with Crippen LogP contribution in [0.5, 0.6) is 0 Å². The van der Waals surface area contributed by atoms with Crippen LogP contribution in [0.4, 0.5) is 0 Å². The van der Waals surface area contributed by atoms with Gasteiger partial charge in [-0.05, 0) is 19.4 Å². The van der Waals surface area contributed by atoms with Gasteiger partial charge in [0.25, 0.3) is 0 Å². The van der Waals surface area contributed by atoms with Gasteiger partial charge in [-0.1, -0.05) is 20.8 Å². The Morgan fingerprint density at radius 1 is 1.17 bits per heavy atom. The molecule has 1 atom stereocenters. The molecule has 1 fully saturated rings. The molecule has 1 aliphatic rings. The molecule has 1 rings (SSSR count). The van der Waals surface area contributed by atoms with Gasteiger partial charge in [-0.15, -0.1) is 0 Å². The fourth-order valence-electron chi connectivity index (χ4n) is 2.22. The highest BCUT2D eigenvalue weighted by atomic mass is 16.2. The van der Waals surface area contributed by atoms with Crippen LogP contribution < -0.4 is 5.32 Å². The molecule has 5 heteroatoms. The summed E-state index contributed by atoms with van der Waals surface area (Å²) in [6, 6.07) is 0.236. The number of hydrogen-bond donors (Lipinski definition) is 1. The normalized spacial score (nSPS) is 18.7. The van der Waals surface area contributed by atoms with Crippen LogP contribution in [0, 0.1) is 5.92 Å². The van der Waals surface area contributed by atoms with Gasteiger partial charge >= 0.3 is 0 Å². The summed E-state index contributed by atoms with van der Waals surface area (Å²) < 4.78 is 0. The molecule has 1 saturated heterocycles. The van der Waals surface area contributed by atoms with Crippen molar-refractivity contribution in [1.29, 1.82) is 0 Å². The highest BCUT2D eigenvalue weighted by molar-refractivity contribution is 5.92. The van der Waals surface area contributed by atoms with E-state index in [0.717, 1.165) is 6.42 Å². The molecular formula is C13H25N3O2. The first kappa shape index (κ1) is 15.0. The topological polar surface area (TPSA) is 52.7 Å². The molecule has 1 aliphatic heterocycles. The SMILES string of the molecule is CCCN1CC(=O)N(CC(NC)C(C)C)CC1=O. The number of nitrogens with zero attached hydrogens (tertiary/aromatic N) is 2. The lowest BCUT2D eigenvalue weighted by atomic mass is 10.0. The highest BCUT2D eigenvalue weighted by Crippen LogP contribution is 2.09. The van der Waals surface area contributed by atoms with Crippen molar-refractivity contribution in [2.45, 2.75) is 33.2 Å². The van der Waals surface area contributed by atoms with Crippen LogP contribution in [0.15, 0.2) is 0 Å². The van der Waals surface area contributed by atoms with Crippen LogP contribution in [0.3, 0.4) is 0 Å². The number of likely N-dealkylation sites (N-methyl/N-ethyl adjacent to an activating group) is 1. The van der Waals surface area contributed by atoms with E-state index in [4.69, 9.17) is 0 Å². The lowest BCUT2D eigenvalue weighted by Crippen LogP contribution is -2.57. The van der Waals surface area contributed by atoms with Crippen molar-refractivity contribution in [3.05, 3.63) is 0 Å². The zero-order chi connectivity index (χ0) is 13.7. The minimum atomic E-state index is 0.0592. The minimum Gasteiger partial charge on any atom is -0.332 e. The number of rotatable bonds is 6. The maximum Gasteiger partial charge on any atom is 0.242 e. The van der Waals surface area contributed by atoms with Crippen LogP contribution in [-0.4, -0.2) is 60.9 Å². The van der Waals surface area contributed by atoms with Crippen molar-refractivity contribution in [3.63, 3.8) is 0 Å². The van der Waals surface area contributed by atoms with E-state index in [1.807, 2.05) is 14.0 Å². The Labute approximate surface area is 110 Å². The van der Waals surface area contributed by atoms with E-state index >= 15 is 0 Å². The van der Waals surface area contributed by atoms with Gasteiger partial charge in [-0.25, -0.2) is 0 Å². The second kappa shape index (κ2) is 6.73. The zero-order valence-corrected chi connectivity index (χ0v) is 11.9. The van der Waals surface area contributed by atoms with Gasteiger partial charge in [0.05, 0.1) is 13.1 Å². The molecule has 0 aromatic carbocycles. The van der Waals surface area contributed by atoms with Crippen molar-refractivity contribution in [1.82, 2.24) is 15.1 Å². The van der Waals surface area contributed by atoms with Crippen molar-refractivity contribution in [2.75, 3.05) is 33.2 Å². The summed E-state index contributed by atoms with van der Waals surface area (Å²) >= 11 is 0. The zero-order valence-electron chi connectivity index (χ0n) is 11.9. The second-order valence-corrected chi connectivity index (χ2v) is 5.23. The molecule has 1 heterocycles. The second-order valence-electron chi connectivity index (χ2n) is 5.23. The van der Waals surface area contributed by atoms with E-state index in [-0.39, 0.29) is 30.9 Å². The number of amides is 2. The van der Waals surface area contributed by atoms with E-state index in [1.54, 1.807) is 9.80 Å². The van der Waals surface area contributed by atoms with Gasteiger partial charge in [0.2, 0.25) is 11.8 Å². The number of piperazine rings is 1. The third kappa shape index (κ3) is 3.70. The van der Waals surface area contributed by atoms with Crippen LogP contribution in [0.25, 0.3) is 0 Å². The van der Waals surface area contributed by atoms with E-state index < -0.39 is 0 Å². The van der Waals surface area contributed by atoms with E-state index in [2.05, 4.69) is 19.2 Å². The van der Waals surface area contributed by atoms with Gasteiger partial charge in [0.1, 0.15) is 0 Å². The maximum atomic E-state index is 12.0. The Morgan fingerprint density at radius 3 is 2.22 bits per heavy atom. The summed E-state index contributed by atoms with van der Waals surface area (Å²) in [5.74, 6) is 0.561. The molecule has 0 bridgehead atoms. The van der Waals surface area contributed by atoms with Gasteiger partial charge in [-0.3, -0.25) is 9.59 Å². The summed E-state index contributed by atoms with van der Waals surface area (Å²) in [5, 5.41) is 3.20. The molecule has 1 N–H and O–H groups in total. The fourth-order valence-corrected chi connectivity index (χ4v) is 2.22. The third-order valence-electron chi connectivity index (χ3n) is 3.44. The molecule has 0 radical (unpaired) electrons. The maximum absolute atomic E-state index is 12.0. The first-order valence-electron chi connectivity index (χ1n) is 6.72. The Kier molecular flexibility index (Phi) is 5.59. The van der Waals surface area contributed by atoms with Crippen LogP contribution in [-0.2, 0) is 9.59 Å². The molecule has 0 aliphatic carbocycles. The van der Waals surface area contributed by atoms with Gasteiger partial charge < -0.3 is 15.1 Å². The molecule has 104 valence electrons.